The van der Waals surface area contributed by atoms with E-state index >= 15 is 0 Å². The summed E-state index contributed by atoms with van der Waals surface area (Å²) in [7, 11) is 0. The van der Waals surface area contributed by atoms with Gasteiger partial charge in [-0.25, -0.2) is 14.4 Å². The van der Waals surface area contributed by atoms with E-state index in [1.807, 2.05) is 0 Å². The summed E-state index contributed by atoms with van der Waals surface area (Å²) in [4.78, 5) is 48.2. The number of amides is 3. The summed E-state index contributed by atoms with van der Waals surface area (Å²) in [6, 6.07) is 4.32. The van der Waals surface area contributed by atoms with Gasteiger partial charge in [-0.15, -0.1) is 0 Å². The lowest BCUT2D eigenvalue weighted by Gasteiger charge is -2.24. The van der Waals surface area contributed by atoms with E-state index in [-0.39, 0.29) is 25.3 Å². The minimum absolute atomic E-state index is 0.0391. The second kappa shape index (κ2) is 13.6. The van der Waals surface area contributed by atoms with Crippen molar-refractivity contribution in [2.24, 2.45) is 11.7 Å². The molecule has 0 saturated carbocycles. The number of carboxylic acid groups (broad SMARTS) is 2. The fourth-order valence-corrected chi connectivity index (χ4v) is 2.97. The van der Waals surface area contributed by atoms with Gasteiger partial charge in [0.1, 0.15) is 18.1 Å². The molecule has 0 aliphatic carbocycles. The van der Waals surface area contributed by atoms with E-state index in [1.54, 1.807) is 44.2 Å². The van der Waals surface area contributed by atoms with Crippen molar-refractivity contribution in [2.45, 2.75) is 51.2 Å². The van der Waals surface area contributed by atoms with Crippen molar-refractivity contribution in [3.05, 3.63) is 35.9 Å². The number of carbonyl (C=O) groups excluding carboxylic acids is 2. The van der Waals surface area contributed by atoms with Crippen molar-refractivity contribution in [3.63, 3.8) is 0 Å². The third kappa shape index (κ3) is 10.4. The maximum absolute atomic E-state index is 12.7. The van der Waals surface area contributed by atoms with E-state index in [9.17, 15) is 29.4 Å². The zero-order valence-corrected chi connectivity index (χ0v) is 18.6. The van der Waals surface area contributed by atoms with E-state index in [0.29, 0.717) is 12.0 Å². The maximum Gasteiger partial charge on any atom is 0.326 e. The van der Waals surface area contributed by atoms with Gasteiger partial charge in [0.2, 0.25) is 5.91 Å². The summed E-state index contributed by atoms with van der Waals surface area (Å²) in [6.07, 6.45) is 0.460. The molecule has 0 aliphatic heterocycles. The Morgan fingerprint density at radius 3 is 2.09 bits per heavy atom. The van der Waals surface area contributed by atoms with Crippen LogP contribution in [-0.4, -0.2) is 64.7 Å². The van der Waals surface area contributed by atoms with Crippen LogP contribution in [-0.2, 0) is 20.8 Å². The average molecular weight is 465 g/mol. The second-order valence-electron chi connectivity index (χ2n) is 7.80. The minimum Gasteiger partial charge on any atom is -0.480 e. The number of hydrogen-bond acceptors (Lipinski definition) is 5. The van der Waals surface area contributed by atoms with Gasteiger partial charge in [-0.3, -0.25) is 10.2 Å². The lowest BCUT2D eigenvalue weighted by molar-refractivity contribution is -0.143. The van der Waals surface area contributed by atoms with E-state index in [0.717, 1.165) is 0 Å². The first-order valence-corrected chi connectivity index (χ1v) is 10.5. The van der Waals surface area contributed by atoms with Crippen LogP contribution in [0.25, 0.3) is 0 Å². The molecule has 0 aliphatic rings. The number of benzene rings is 1. The predicted octanol–water partition coefficient (Wildman–Crippen LogP) is -0.161. The van der Waals surface area contributed by atoms with Crippen molar-refractivity contribution >= 4 is 29.8 Å². The van der Waals surface area contributed by atoms with Gasteiger partial charge in [-0.05, 0) is 24.3 Å². The number of rotatable bonds is 13. The highest BCUT2D eigenvalue weighted by molar-refractivity contribution is 5.91. The summed E-state index contributed by atoms with van der Waals surface area (Å²) in [5, 5.41) is 35.7. The minimum atomic E-state index is -1.24. The van der Waals surface area contributed by atoms with Crippen LogP contribution in [0.3, 0.4) is 0 Å². The first-order chi connectivity index (χ1) is 15.5. The fourth-order valence-electron chi connectivity index (χ4n) is 2.97. The Bertz CT molecular complexity index is 832. The molecule has 1 aromatic carbocycles. The molecule has 12 heteroatoms. The van der Waals surface area contributed by atoms with Crippen LogP contribution in [0.15, 0.2) is 30.3 Å². The number of hydrogen-bond donors (Lipinski definition) is 8. The third-order valence-electron chi connectivity index (χ3n) is 4.72. The Hall–Kier alpha value is -3.83. The molecule has 0 saturated heterocycles. The molecule has 1 aromatic rings. The molecule has 0 spiro atoms. The van der Waals surface area contributed by atoms with Gasteiger partial charge in [0.05, 0.1) is 0 Å². The highest BCUT2D eigenvalue weighted by Crippen LogP contribution is 2.06. The Morgan fingerprint density at radius 2 is 1.58 bits per heavy atom. The Labute approximate surface area is 191 Å². The Kier molecular flexibility index (Phi) is 11.2. The van der Waals surface area contributed by atoms with Crippen LogP contribution >= 0.6 is 0 Å². The summed E-state index contributed by atoms with van der Waals surface area (Å²) >= 11 is 0. The molecule has 3 amide bonds. The molecule has 9 N–H and O–H groups in total. The fraction of sp³-hybridized carbons (Fsp3) is 0.476. The molecule has 0 fully saturated rings. The van der Waals surface area contributed by atoms with Crippen LogP contribution in [0, 0.1) is 11.3 Å². The molecule has 0 heterocycles. The molecule has 0 radical (unpaired) electrons. The van der Waals surface area contributed by atoms with E-state index < -0.39 is 47.9 Å². The van der Waals surface area contributed by atoms with Gasteiger partial charge in [0.15, 0.2) is 5.96 Å². The standard InChI is InChI=1S/C21H32N6O6/c1-12(2)16(19(31)32)27-17(28)14(9-6-10-24-20(22)23)25-21(33)26-15(18(29)30)11-13-7-4-3-5-8-13/h3-5,7-8,12,14-16H,6,9-11H2,1-2H3,(H,27,28)(H,29,30)(H,31,32)(H4,22,23,24)(H2,25,26,33)/t14-,15-,16-/m0/s1. The molecule has 182 valence electrons. The number of carboxylic acids is 2. The van der Waals surface area contributed by atoms with Crippen LogP contribution in [0.2, 0.25) is 0 Å². The maximum atomic E-state index is 12.7. The first-order valence-electron chi connectivity index (χ1n) is 10.5. The molecular weight excluding hydrogens is 432 g/mol. The average Bonchev–Trinajstić information content (AvgIpc) is 2.73. The third-order valence-corrected chi connectivity index (χ3v) is 4.72. The summed E-state index contributed by atoms with van der Waals surface area (Å²) < 4.78 is 0. The summed E-state index contributed by atoms with van der Waals surface area (Å²) in [5.41, 5.74) is 5.93. The first kappa shape index (κ1) is 27.2. The number of carbonyl (C=O) groups is 4. The monoisotopic (exact) mass is 464 g/mol. The number of guanidine groups is 1. The van der Waals surface area contributed by atoms with Gasteiger partial charge in [0, 0.05) is 13.0 Å². The number of nitrogens with two attached hydrogens (primary N) is 1. The van der Waals surface area contributed by atoms with Crippen molar-refractivity contribution < 1.29 is 29.4 Å². The van der Waals surface area contributed by atoms with Gasteiger partial charge >= 0.3 is 18.0 Å². The molecule has 3 atom stereocenters. The highest BCUT2D eigenvalue weighted by Gasteiger charge is 2.29. The van der Waals surface area contributed by atoms with Crippen LogP contribution in [0.1, 0.15) is 32.3 Å². The van der Waals surface area contributed by atoms with Crippen molar-refractivity contribution in [1.82, 2.24) is 21.3 Å². The van der Waals surface area contributed by atoms with Crippen molar-refractivity contribution in [2.75, 3.05) is 6.54 Å². The van der Waals surface area contributed by atoms with E-state index in [2.05, 4.69) is 21.3 Å². The van der Waals surface area contributed by atoms with Crippen LogP contribution < -0.4 is 27.0 Å². The van der Waals surface area contributed by atoms with E-state index in [4.69, 9.17) is 11.1 Å². The molecule has 0 bridgehead atoms. The SMILES string of the molecule is CC(C)[C@H](NC(=O)[C@H](CCCNC(=N)N)NC(=O)N[C@@H](Cc1ccccc1)C(=O)O)C(=O)O. The smallest absolute Gasteiger partial charge is 0.326 e. The largest absolute Gasteiger partial charge is 0.480 e. The zero-order valence-electron chi connectivity index (χ0n) is 18.6. The van der Waals surface area contributed by atoms with Gasteiger partial charge in [-0.1, -0.05) is 44.2 Å². The molecule has 33 heavy (non-hydrogen) atoms. The molecule has 1 rings (SSSR count). The lowest BCUT2D eigenvalue weighted by Crippen LogP contribution is -2.56. The van der Waals surface area contributed by atoms with Crippen molar-refractivity contribution in [3.8, 4) is 0 Å². The number of urea groups is 1. The summed E-state index contributed by atoms with van der Waals surface area (Å²) in [5.74, 6) is -3.83. The number of aliphatic carboxylic acids is 2. The summed E-state index contributed by atoms with van der Waals surface area (Å²) in [6.45, 7) is 3.51. The molecule has 0 aromatic heterocycles. The van der Waals surface area contributed by atoms with Crippen molar-refractivity contribution in [1.29, 1.82) is 5.41 Å². The number of nitrogens with one attached hydrogen (secondary N) is 5. The Balaban J connectivity index is 2.86. The lowest BCUT2D eigenvalue weighted by atomic mass is 10.0. The van der Waals surface area contributed by atoms with Gasteiger partial charge < -0.3 is 37.2 Å². The molecule has 12 nitrogen and oxygen atoms in total. The molecule has 0 unspecified atom stereocenters. The normalized spacial score (nSPS) is 13.3. The topological polar surface area (TPSA) is 207 Å². The van der Waals surface area contributed by atoms with E-state index in [1.165, 1.54) is 0 Å². The predicted molar refractivity (Wildman–Crippen MR) is 121 cm³/mol. The second-order valence-corrected chi connectivity index (χ2v) is 7.80. The zero-order chi connectivity index (χ0) is 25.0. The quantitative estimate of drug-likeness (QED) is 0.111. The molecular formula is C21H32N6O6. The van der Waals surface area contributed by atoms with Crippen LogP contribution in [0.5, 0.6) is 0 Å². The highest BCUT2D eigenvalue weighted by atomic mass is 16.4. The van der Waals surface area contributed by atoms with Crippen LogP contribution in [0.4, 0.5) is 4.79 Å². The Morgan fingerprint density at radius 1 is 0.970 bits per heavy atom. The van der Waals surface area contributed by atoms with Gasteiger partial charge in [0.25, 0.3) is 0 Å². The van der Waals surface area contributed by atoms with Gasteiger partial charge in [-0.2, -0.15) is 0 Å².